The highest BCUT2D eigenvalue weighted by Gasteiger charge is 2.34. The molecule has 0 radical (unpaired) electrons. The number of nitrogens with zero attached hydrogens (tertiary/aromatic N) is 1. The van der Waals surface area contributed by atoms with Crippen molar-refractivity contribution in [3.63, 3.8) is 0 Å². The van der Waals surface area contributed by atoms with Gasteiger partial charge in [-0.05, 0) is 17.7 Å². The minimum atomic E-state index is -4.56. The van der Waals surface area contributed by atoms with Crippen LogP contribution in [0.15, 0.2) is 12.1 Å². The summed E-state index contributed by atoms with van der Waals surface area (Å²) in [6, 6.07) is 3.42. The summed E-state index contributed by atoms with van der Waals surface area (Å²) in [5.74, 6) is 0. The normalized spacial score (nSPS) is 11.2. The number of benzene rings is 1. The Kier molecular flexibility index (Phi) is 3.63. The molecule has 0 spiro atoms. The van der Waals surface area contributed by atoms with E-state index in [0.29, 0.717) is 10.9 Å². The minimum Gasteiger partial charge on any atom is -0.192 e. The molecule has 0 unspecified atom stereocenters. The van der Waals surface area contributed by atoms with Gasteiger partial charge >= 0.3 is 6.18 Å². The second-order valence-electron chi connectivity index (χ2n) is 2.73. The highest BCUT2D eigenvalue weighted by Crippen LogP contribution is 2.35. The molecule has 0 saturated carbocycles. The molecule has 80 valence electrons. The van der Waals surface area contributed by atoms with Crippen LogP contribution in [0, 0.1) is 11.3 Å². The van der Waals surface area contributed by atoms with Crippen LogP contribution in [-0.2, 0) is 11.5 Å². The summed E-state index contributed by atoms with van der Waals surface area (Å²) in [5.41, 5.74) is -0.956. The molecule has 15 heavy (non-hydrogen) atoms. The van der Waals surface area contributed by atoms with Crippen LogP contribution < -0.4 is 0 Å². The van der Waals surface area contributed by atoms with Gasteiger partial charge in [-0.3, -0.25) is 0 Å². The Bertz CT molecular complexity index is 423. The number of halogens is 5. The SMILES string of the molecule is N#Cc1cc(CBr)c(Cl)cc1C(F)(F)F. The van der Waals surface area contributed by atoms with Crippen molar-refractivity contribution in [3.8, 4) is 6.07 Å². The zero-order chi connectivity index (χ0) is 11.6. The number of alkyl halides is 4. The van der Waals surface area contributed by atoms with Crippen molar-refractivity contribution in [2.45, 2.75) is 11.5 Å². The molecule has 0 N–H and O–H groups in total. The summed E-state index contributed by atoms with van der Waals surface area (Å²) in [5, 5.41) is 8.89. The Morgan fingerprint density at radius 1 is 1.40 bits per heavy atom. The molecule has 0 bridgehead atoms. The van der Waals surface area contributed by atoms with Crippen molar-refractivity contribution < 1.29 is 13.2 Å². The van der Waals surface area contributed by atoms with Gasteiger partial charge in [-0.25, -0.2) is 0 Å². The standard InChI is InChI=1S/C9H4BrClF3N/c10-3-5-1-6(4-15)7(2-8(5)11)9(12,13)14/h1-2H,3H2. The second-order valence-corrected chi connectivity index (χ2v) is 3.70. The van der Waals surface area contributed by atoms with Gasteiger partial charge in [-0.15, -0.1) is 0 Å². The fourth-order valence-electron chi connectivity index (χ4n) is 1.05. The first-order valence-corrected chi connectivity index (χ1v) is 5.25. The Morgan fingerprint density at radius 2 is 2.00 bits per heavy atom. The Labute approximate surface area is 97.6 Å². The highest BCUT2D eigenvalue weighted by atomic mass is 79.9. The van der Waals surface area contributed by atoms with E-state index in [1.54, 1.807) is 0 Å². The predicted molar refractivity (Wildman–Crippen MR) is 53.8 cm³/mol. The van der Waals surface area contributed by atoms with Crippen LogP contribution in [0.4, 0.5) is 13.2 Å². The van der Waals surface area contributed by atoms with Gasteiger partial charge in [0.15, 0.2) is 0 Å². The molecular weight excluding hydrogens is 294 g/mol. The van der Waals surface area contributed by atoms with Crippen LogP contribution in [-0.4, -0.2) is 0 Å². The summed E-state index contributed by atoms with van der Waals surface area (Å²) in [6.45, 7) is 0. The van der Waals surface area contributed by atoms with Crippen LogP contribution in [0.5, 0.6) is 0 Å². The molecule has 0 aliphatic heterocycles. The van der Waals surface area contributed by atoms with Gasteiger partial charge in [0.2, 0.25) is 0 Å². The summed E-state index contributed by atoms with van der Waals surface area (Å²) < 4.78 is 37.3. The molecule has 0 aliphatic rings. The molecule has 0 atom stereocenters. The van der Waals surface area contributed by atoms with Gasteiger partial charge in [0.25, 0.3) is 0 Å². The zero-order valence-electron chi connectivity index (χ0n) is 7.20. The van der Waals surface area contributed by atoms with Gasteiger partial charge in [0.1, 0.15) is 0 Å². The first-order valence-electron chi connectivity index (χ1n) is 3.76. The topological polar surface area (TPSA) is 23.8 Å². The van der Waals surface area contributed by atoms with Crippen LogP contribution in [0.25, 0.3) is 0 Å². The van der Waals surface area contributed by atoms with E-state index >= 15 is 0 Å². The van der Waals surface area contributed by atoms with Crippen molar-refractivity contribution >= 4 is 27.5 Å². The molecule has 0 aliphatic carbocycles. The molecule has 6 heteroatoms. The van der Waals surface area contributed by atoms with E-state index in [1.807, 2.05) is 0 Å². The van der Waals surface area contributed by atoms with Crippen LogP contribution in [0.2, 0.25) is 5.02 Å². The summed E-state index contributed by atoms with van der Waals surface area (Å²) in [4.78, 5) is 0. The van der Waals surface area contributed by atoms with E-state index in [0.717, 1.165) is 12.1 Å². The number of rotatable bonds is 1. The Balaban J connectivity index is 3.43. The summed E-state index contributed by atoms with van der Waals surface area (Å²) in [6.07, 6.45) is -4.56. The minimum absolute atomic E-state index is 0.00167. The Hall–Kier alpha value is -0.730. The molecule has 0 heterocycles. The lowest BCUT2D eigenvalue weighted by molar-refractivity contribution is -0.137. The smallest absolute Gasteiger partial charge is 0.192 e. The number of nitriles is 1. The average molecular weight is 298 g/mol. The van der Waals surface area contributed by atoms with Crippen LogP contribution in [0.3, 0.4) is 0 Å². The third-order valence-electron chi connectivity index (χ3n) is 1.76. The molecule has 0 fully saturated rings. The van der Waals surface area contributed by atoms with E-state index in [9.17, 15) is 13.2 Å². The van der Waals surface area contributed by atoms with Gasteiger partial charge in [-0.2, -0.15) is 18.4 Å². The molecule has 0 amide bonds. The zero-order valence-corrected chi connectivity index (χ0v) is 9.54. The molecular formula is C9H4BrClF3N. The van der Waals surface area contributed by atoms with Crippen molar-refractivity contribution in [2.24, 2.45) is 0 Å². The third kappa shape index (κ3) is 2.64. The first kappa shape index (κ1) is 12.3. The first-order chi connectivity index (χ1) is 6.90. The van der Waals surface area contributed by atoms with Crippen LogP contribution in [0.1, 0.15) is 16.7 Å². The predicted octanol–water partition coefficient (Wildman–Crippen LogP) is 4.13. The Morgan fingerprint density at radius 3 is 2.40 bits per heavy atom. The highest BCUT2D eigenvalue weighted by molar-refractivity contribution is 9.08. The van der Waals surface area contributed by atoms with E-state index in [2.05, 4.69) is 15.9 Å². The number of hydrogen-bond donors (Lipinski definition) is 0. The van der Waals surface area contributed by atoms with Crippen molar-refractivity contribution in [2.75, 3.05) is 0 Å². The maximum absolute atomic E-state index is 12.4. The molecule has 1 aromatic carbocycles. The molecule has 0 aromatic heterocycles. The fourth-order valence-corrected chi connectivity index (χ4v) is 1.90. The second kappa shape index (κ2) is 4.42. The van der Waals surface area contributed by atoms with Gasteiger partial charge in [0.05, 0.1) is 17.2 Å². The molecule has 1 nitrogen and oxygen atoms in total. The fraction of sp³-hybridized carbons (Fsp3) is 0.222. The largest absolute Gasteiger partial charge is 0.417 e. The maximum atomic E-state index is 12.4. The maximum Gasteiger partial charge on any atom is 0.417 e. The lowest BCUT2D eigenvalue weighted by Crippen LogP contribution is -2.08. The van der Waals surface area contributed by atoms with E-state index in [-0.39, 0.29) is 5.02 Å². The molecule has 0 saturated heterocycles. The van der Waals surface area contributed by atoms with Crippen LogP contribution >= 0.6 is 27.5 Å². The molecule has 1 rings (SSSR count). The van der Waals surface area contributed by atoms with Crippen molar-refractivity contribution in [1.29, 1.82) is 5.26 Å². The van der Waals surface area contributed by atoms with Gasteiger partial charge < -0.3 is 0 Å². The van der Waals surface area contributed by atoms with Crippen molar-refractivity contribution in [3.05, 3.63) is 33.8 Å². The average Bonchev–Trinajstić information content (AvgIpc) is 2.16. The lowest BCUT2D eigenvalue weighted by Gasteiger charge is -2.10. The number of hydrogen-bond acceptors (Lipinski definition) is 1. The quantitative estimate of drug-likeness (QED) is 0.715. The van der Waals surface area contributed by atoms with E-state index < -0.39 is 17.3 Å². The molecule has 1 aromatic rings. The third-order valence-corrected chi connectivity index (χ3v) is 2.71. The van der Waals surface area contributed by atoms with E-state index in [4.69, 9.17) is 16.9 Å². The van der Waals surface area contributed by atoms with Gasteiger partial charge in [0, 0.05) is 10.4 Å². The summed E-state index contributed by atoms with van der Waals surface area (Å²) >= 11 is 8.70. The monoisotopic (exact) mass is 297 g/mol. The van der Waals surface area contributed by atoms with E-state index in [1.165, 1.54) is 6.07 Å². The van der Waals surface area contributed by atoms with Gasteiger partial charge in [-0.1, -0.05) is 27.5 Å². The summed E-state index contributed by atoms with van der Waals surface area (Å²) in [7, 11) is 0. The van der Waals surface area contributed by atoms with Crippen molar-refractivity contribution in [1.82, 2.24) is 0 Å². The lowest BCUT2D eigenvalue weighted by atomic mass is 10.1.